The molecule has 1 heterocycles. The third-order valence-corrected chi connectivity index (χ3v) is 4.51. The number of thiazole rings is 1. The van der Waals surface area contributed by atoms with Gasteiger partial charge in [-0.3, -0.25) is 4.90 Å². The molecule has 1 atom stereocenters. The van der Waals surface area contributed by atoms with Crippen molar-refractivity contribution in [1.29, 1.82) is 0 Å². The van der Waals surface area contributed by atoms with E-state index in [0.29, 0.717) is 18.6 Å². The van der Waals surface area contributed by atoms with Crippen molar-refractivity contribution < 1.29 is 5.11 Å². The molecule has 1 aromatic heterocycles. The maximum absolute atomic E-state index is 9.56. The van der Waals surface area contributed by atoms with Gasteiger partial charge < -0.3 is 10.0 Å². The van der Waals surface area contributed by atoms with Crippen LogP contribution in [0.5, 0.6) is 0 Å². The third kappa shape index (κ3) is 4.16. The van der Waals surface area contributed by atoms with Crippen LogP contribution >= 0.6 is 11.3 Å². The van der Waals surface area contributed by atoms with Crippen molar-refractivity contribution in [2.45, 2.75) is 58.3 Å². The first-order chi connectivity index (χ1) is 8.97. The van der Waals surface area contributed by atoms with E-state index in [4.69, 9.17) is 4.98 Å². The predicted molar refractivity (Wildman–Crippen MR) is 80.8 cm³/mol. The second kappa shape index (κ2) is 6.20. The van der Waals surface area contributed by atoms with Gasteiger partial charge >= 0.3 is 0 Å². The van der Waals surface area contributed by atoms with Crippen LogP contribution in [0.4, 0.5) is 5.13 Å². The summed E-state index contributed by atoms with van der Waals surface area (Å²) in [5.41, 5.74) is 1.11. The Kier molecular flexibility index (Phi) is 4.81. The van der Waals surface area contributed by atoms with Gasteiger partial charge in [-0.2, -0.15) is 0 Å². The van der Waals surface area contributed by atoms with Crippen molar-refractivity contribution in [3.63, 3.8) is 0 Å². The zero-order chi connectivity index (χ0) is 14.0. The summed E-state index contributed by atoms with van der Waals surface area (Å²) in [4.78, 5) is 9.28. The summed E-state index contributed by atoms with van der Waals surface area (Å²) in [5, 5.41) is 12.8. The van der Waals surface area contributed by atoms with E-state index in [1.807, 2.05) is 6.92 Å². The van der Waals surface area contributed by atoms with Gasteiger partial charge in [0.2, 0.25) is 0 Å². The zero-order valence-electron chi connectivity index (χ0n) is 12.3. The summed E-state index contributed by atoms with van der Waals surface area (Å²) in [5.74, 6) is 0. The minimum Gasteiger partial charge on any atom is -0.392 e. The van der Waals surface area contributed by atoms with Crippen molar-refractivity contribution >= 4 is 16.5 Å². The van der Waals surface area contributed by atoms with Crippen LogP contribution in [0.25, 0.3) is 0 Å². The van der Waals surface area contributed by atoms with Gasteiger partial charge in [0.1, 0.15) is 0 Å². The Balaban J connectivity index is 1.96. The van der Waals surface area contributed by atoms with Gasteiger partial charge in [0.25, 0.3) is 0 Å². The van der Waals surface area contributed by atoms with Gasteiger partial charge in [0.15, 0.2) is 5.13 Å². The molecule has 1 saturated carbocycles. The van der Waals surface area contributed by atoms with E-state index in [2.05, 4.69) is 36.1 Å². The molecule has 5 heteroatoms. The minimum atomic E-state index is -0.297. The largest absolute Gasteiger partial charge is 0.392 e. The summed E-state index contributed by atoms with van der Waals surface area (Å²) < 4.78 is 0. The lowest BCUT2D eigenvalue weighted by atomic mass is 10.2. The Hall–Kier alpha value is -0.650. The van der Waals surface area contributed by atoms with Crippen molar-refractivity contribution in [2.75, 3.05) is 18.5 Å². The first kappa shape index (κ1) is 14.8. The van der Waals surface area contributed by atoms with Crippen molar-refractivity contribution in [3.05, 3.63) is 11.1 Å². The average Bonchev–Trinajstić information content (AvgIpc) is 3.07. The molecule has 1 aliphatic carbocycles. The predicted octanol–water partition coefficient (Wildman–Crippen LogP) is 2.33. The molecule has 1 N–H and O–H groups in total. The summed E-state index contributed by atoms with van der Waals surface area (Å²) in [6.07, 6.45) is 2.30. The molecule has 1 aliphatic rings. The Morgan fingerprint density at radius 1 is 1.42 bits per heavy atom. The number of rotatable bonds is 7. The van der Waals surface area contributed by atoms with Gasteiger partial charge in [-0.25, -0.2) is 4.98 Å². The lowest BCUT2D eigenvalue weighted by Crippen LogP contribution is -2.36. The summed E-state index contributed by atoms with van der Waals surface area (Å²) in [6, 6.07) is 1.12. The third-order valence-electron chi connectivity index (χ3n) is 3.53. The van der Waals surface area contributed by atoms with Crippen molar-refractivity contribution in [2.24, 2.45) is 0 Å². The SMILES string of the molecule is CC(O)CN(Cc1csc(N(C)C2CC2)n1)C(C)C. The van der Waals surface area contributed by atoms with Gasteiger partial charge in [-0.05, 0) is 33.6 Å². The lowest BCUT2D eigenvalue weighted by molar-refractivity contribution is 0.102. The molecule has 1 unspecified atom stereocenters. The smallest absolute Gasteiger partial charge is 0.185 e. The summed E-state index contributed by atoms with van der Waals surface area (Å²) >= 11 is 1.72. The highest BCUT2D eigenvalue weighted by Crippen LogP contribution is 2.32. The number of hydrogen-bond donors (Lipinski definition) is 1. The molecule has 1 aromatic rings. The zero-order valence-corrected chi connectivity index (χ0v) is 13.2. The van der Waals surface area contributed by atoms with E-state index < -0.39 is 0 Å². The lowest BCUT2D eigenvalue weighted by Gasteiger charge is -2.26. The fraction of sp³-hybridized carbons (Fsp3) is 0.786. The molecule has 0 spiro atoms. The average molecular weight is 283 g/mol. The normalized spacial score (nSPS) is 17.2. The van der Waals surface area contributed by atoms with Crippen LogP contribution in [0.15, 0.2) is 5.38 Å². The van der Waals surface area contributed by atoms with Crippen LogP contribution in [-0.4, -0.2) is 46.8 Å². The van der Waals surface area contributed by atoms with E-state index in [1.165, 1.54) is 12.8 Å². The molecule has 108 valence electrons. The summed E-state index contributed by atoms with van der Waals surface area (Å²) in [7, 11) is 2.14. The molecule has 2 rings (SSSR count). The topological polar surface area (TPSA) is 39.6 Å². The van der Waals surface area contributed by atoms with Crippen LogP contribution < -0.4 is 4.90 Å². The monoisotopic (exact) mass is 283 g/mol. The van der Waals surface area contributed by atoms with Gasteiger partial charge in [0, 0.05) is 37.6 Å². The molecule has 1 fully saturated rings. The molecule has 0 aliphatic heterocycles. The van der Waals surface area contributed by atoms with Crippen LogP contribution in [0.3, 0.4) is 0 Å². The Morgan fingerprint density at radius 2 is 2.11 bits per heavy atom. The minimum absolute atomic E-state index is 0.297. The number of anilines is 1. The van der Waals surface area contributed by atoms with Crippen LogP contribution in [0.2, 0.25) is 0 Å². The highest BCUT2D eigenvalue weighted by atomic mass is 32.1. The maximum Gasteiger partial charge on any atom is 0.185 e. The maximum atomic E-state index is 9.56. The van der Waals surface area contributed by atoms with Gasteiger partial charge in [-0.15, -0.1) is 11.3 Å². The molecule has 0 saturated heterocycles. The molecular weight excluding hydrogens is 258 g/mol. The fourth-order valence-corrected chi connectivity index (χ4v) is 3.01. The Bertz CT molecular complexity index is 401. The first-order valence-corrected chi connectivity index (χ1v) is 7.94. The number of nitrogens with zero attached hydrogens (tertiary/aromatic N) is 3. The first-order valence-electron chi connectivity index (χ1n) is 7.06. The van der Waals surface area contributed by atoms with E-state index in [-0.39, 0.29) is 6.10 Å². The van der Waals surface area contributed by atoms with Crippen molar-refractivity contribution in [1.82, 2.24) is 9.88 Å². The quantitative estimate of drug-likeness (QED) is 0.834. The Morgan fingerprint density at radius 3 is 2.63 bits per heavy atom. The molecular formula is C14H25N3OS. The molecule has 19 heavy (non-hydrogen) atoms. The number of aromatic nitrogens is 1. The molecule has 0 amide bonds. The second-order valence-corrected chi connectivity index (χ2v) is 6.67. The standard InChI is InChI=1S/C14H25N3OS/c1-10(2)17(7-11(3)18)8-12-9-19-14(15-12)16(4)13-5-6-13/h9-11,13,18H,5-8H2,1-4H3. The molecule has 4 nitrogen and oxygen atoms in total. The van der Waals surface area contributed by atoms with E-state index in [1.54, 1.807) is 11.3 Å². The molecule has 0 radical (unpaired) electrons. The van der Waals surface area contributed by atoms with E-state index in [9.17, 15) is 5.11 Å². The van der Waals surface area contributed by atoms with E-state index in [0.717, 1.165) is 17.4 Å². The number of aliphatic hydroxyl groups is 1. The Labute approximate surface area is 120 Å². The molecule has 0 aromatic carbocycles. The highest BCUT2D eigenvalue weighted by molar-refractivity contribution is 7.13. The number of hydrogen-bond acceptors (Lipinski definition) is 5. The number of aliphatic hydroxyl groups excluding tert-OH is 1. The molecule has 0 bridgehead atoms. The second-order valence-electron chi connectivity index (χ2n) is 5.84. The van der Waals surface area contributed by atoms with Crippen molar-refractivity contribution in [3.8, 4) is 0 Å². The van der Waals surface area contributed by atoms with Crippen LogP contribution in [-0.2, 0) is 6.54 Å². The van der Waals surface area contributed by atoms with Crippen LogP contribution in [0, 0.1) is 0 Å². The van der Waals surface area contributed by atoms with Gasteiger partial charge in [-0.1, -0.05) is 0 Å². The van der Waals surface area contributed by atoms with Crippen LogP contribution in [0.1, 0.15) is 39.3 Å². The summed E-state index contributed by atoms with van der Waals surface area (Å²) in [6.45, 7) is 7.67. The van der Waals surface area contributed by atoms with E-state index >= 15 is 0 Å². The fourth-order valence-electron chi connectivity index (χ4n) is 2.15. The van der Waals surface area contributed by atoms with Gasteiger partial charge in [0.05, 0.1) is 11.8 Å². The highest BCUT2D eigenvalue weighted by Gasteiger charge is 2.28.